The summed E-state index contributed by atoms with van der Waals surface area (Å²) in [6.45, 7) is 10.9. The van der Waals surface area contributed by atoms with Gasteiger partial charge in [0.2, 0.25) is 5.91 Å². The first-order chi connectivity index (χ1) is 21.2. The maximum atomic E-state index is 13.7. The zero-order valence-electron chi connectivity index (χ0n) is 27.0. The molecule has 3 aromatic rings. The number of carbonyl (C=O) groups excluding carboxylic acids is 4. The molecule has 2 aromatic carbocycles. The van der Waals surface area contributed by atoms with Gasteiger partial charge in [-0.3, -0.25) is 4.79 Å². The number of esters is 1. The number of aromatic nitrogens is 1. The van der Waals surface area contributed by atoms with Crippen LogP contribution in [-0.4, -0.2) is 58.9 Å². The van der Waals surface area contributed by atoms with Gasteiger partial charge in [0, 0.05) is 30.1 Å². The molecule has 3 amide bonds. The third kappa shape index (κ3) is 12.5. The minimum atomic E-state index is -1.04. The lowest BCUT2D eigenvalue weighted by molar-refractivity contribution is -0.159. The van der Waals surface area contributed by atoms with Crippen molar-refractivity contribution in [2.45, 2.75) is 97.1 Å². The molecule has 0 aliphatic rings. The van der Waals surface area contributed by atoms with Crippen LogP contribution in [0, 0.1) is 0 Å². The van der Waals surface area contributed by atoms with Gasteiger partial charge in [-0.05, 0) is 78.0 Å². The zero-order chi connectivity index (χ0) is 33.0. The number of hydrogen-bond donors (Lipinski definition) is 4. The van der Waals surface area contributed by atoms with Crippen LogP contribution in [0.3, 0.4) is 0 Å². The SMILES string of the molecule is CC(C)(C)OC(=O)N[C@H](Cc1c[nH]c2ccccc12)C(=O)N[C@@H](CCCCNC(=O)OCc1ccccc1)C(=O)OC(C)(C)C. The molecule has 0 saturated carbocycles. The van der Waals surface area contributed by atoms with E-state index in [-0.39, 0.29) is 19.4 Å². The number of carbonyl (C=O) groups is 4. The van der Waals surface area contributed by atoms with E-state index in [1.165, 1.54) is 0 Å². The predicted molar refractivity (Wildman–Crippen MR) is 171 cm³/mol. The highest BCUT2D eigenvalue weighted by Gasteiger charge is 2.31. The Kier molecular flexibility index (Phi) is 12.4. The number of rotatable bonds is 13. The number of H-pyrrole nitrogens is 1. The van der Waals surface area contributed by atoms with Crippen LogP contribution in [0.1, 0.15) is 71.9 Å². The number of benzene rings is 2. The van der Waals surface area contributed by atoms with Crippen molar-refractivity contribution in [2.24, 2.45) is 0 Å². The van der Waals surface area contributed by atoms with Gasteiger partial charge >= 0.3 is 18.2 Å². The van der Waals surface area contributed by atoms with Gasteiger partial charge in [0.25, 0.3) is 0 Å². The van der Waals surface area contributed by atoms with E-state index in [0.717, 1.165) is 22.0 Å². The number of hydrogen-bond acceptors (Lipinski definition) is 7. The second-order valence-corrected chi connectivity index (χ2v) is 12.8. The van der Waals surface area contributed by atoms with Gasteiger partial charge in [-0.15, -0.1) is 0 Å². The van der Waals surface area contributed by atoms with Gasteiger partial charge in [0.15, 0.2) is 0 Å². The summed E-state index contributed by atoms with van der Waals surface area (Å²) < 4.78 is 16.3. The Hall–Kier alpha value is -4.54. The summed E-state index contributed by atoms with van der Waals surface area (Å²) in [5.74, 6) is -1.14. The quantitative estimate of drug-likeness (QED) is 0.111. The van der Waals surface area contributed by atoms with Crippen molar-refractivity contribution in [3.05, 3.63) is 71.9 Å². The molecule has 0 bridgehead atoms. The fraction of sp³-hybridized carbons (Fsp3) is 0.471. The molecule has 45 heavy (non-hydrogen) atoms. The van der Waals surface area contributed by atoms with Crippen LogP contribution in [0.15, 0.2) is 60.8 Å². The van der Waals surface area contributed by atoms with Crippen LogP contribution in [0.5, 0.6) is 0 Å². The van der Waals surface area contributed by atoms with Crippen LogP contribution in [0.2, 0.25) is 0 Å². The monoisotopic (exact) mass is 622 g/mol. The first-order valence-corrected chi connectivity index (χ1v) is 15.2. The summed E-state index contributed by atoms with van der Waals surface area (Å²) in [7, 11) is 0. The van der Waals surface area contributed by atoms with E-state index in [0.29, 0.717) is 19.4 Å². The highest BCUT2D eigenvalue weighted by Crippen LogP contribution is 2.20. The summed E-state index contributed by atoms with van der Waals surface area (Å²) >= 11 is 0. The standard InChI is InChI=1S/C34H46N4O7/c1-33(2,3)44-30(40)27(18-12-13-19-35-31(41)43-22-23-14-8-7-9-15-23)37-29(39)28(38-32(42)45-34(4,5)6)20-24-21-36-26-17-11-10-16-25(24)26/h7-11,14-17,21,27-28,36H,12-13,18-20,22H2,1-6H3,(H,35,41)(H,37,39)(H,38,42)/t27-,28+/m0/s1. The predicted octanol–water partition coefficient (Wildman–Crippen LogP) is 5.53. The third-order valence-electron chi connectivity index (χ3n) is 6.52. The number of alkyl carbamates (subject to hydrolysis) is 2. The van der Waals surface area contributed by atoms with Crippen molar-refractivity contribution < 1.29 is 33.4 Å². The van der Waals surface area contributed by atoms with Gasteiger partial charge in [0.05, 0.1) is 0 Å². The van der Waals surface area contributed by atoms with Crippen molar-refractivity contribution >= 4 is 35.0 Å². The highest BCUT2D eigenvalue weighted by atomic mass is 16.6. The largest absolute Gasteiger partial charge is 0.458 e. The molecule has 244 valence electrons. The van der Waals surface area contributed by atoms with E-state index in [2.05, 4.69) is 20.9 Å². The fourth-order valence-corrected chi connectivity index (χ4v) is 4.51. The molecule has 2 atom stereocenters. The van der Waals surface area contributed by atoms with Crippen molar-refractivity contribution in [1.29, 1.82) is 0 Å². The first-order valence-electron chi connectivity index (χ1n) is 15.2. The lowest BCUT2D eigenvalue weighted by atomic mass is 10.0. The Labute approximate surface area is 264 Å². The third-order valence-corrected chi connectivity index (χ3v) is 6.52. The molecule has 3 rings (SSSR count). The summed E-state index contributed by atoms with van der Waals surface area (Å²) in [5.41, 5.74) is 1.05. The van der Waals surface area contributed by atoms with E-state index in [9.17, 15) is 19.2 Å². The summed E-state index contributed by atoms with van der Waals surface area (Å²) in [6, 6.07) is 15.0. The van der Waals surface area contributed by atoms with Crippen LogP contribution in [0.4, 0.5) is 9.59 Å². The minimum Gasteiger partial charge on any atom is -0.458 e. The molecule has 11 heteroatoms. The van der Waals surface area contributed by atoms with Crippen LogP contribution in [0.25, 0.3) is 10.9 Å². The molecule has 11 nitrogen and oxygen atoms in total. The average Bonchev–Trinajstić information content (AvgIpc) is 3.36. The normalized spacial score (nSPS) is 12.9. The first kappa shape index (κ1) is 34.9. The lowest BCUT2D eigenvalue weighted by Gasteiger charge is -2.27. The molecule has 1 aromatic heterocycles. The summed E-state index contributed by atoms with van der Waals surface area (Å²) in [6.07, 6.45) is 1.95. The Morgan fingerprint density at radius 2 is 1.44 bits per heavy atom. The molecule has 0 aliphatic carbocycles. The maximum absolute atomic E-state index is 13.7. The van der Waals surface area contributed by atoms with E-state index in [1.54, 1.807) is 47.7 Å². The van der Waals surface area contributed by atoms with E-state index in [4.69, 9.17) is 14.2 Å². The summed E-state index contributed by atoms with van der Waals surface area (Å²) in [5, 5.41) is 9.10. The number of unbranched alkanes of at least 4 members (excludes halogenated alkanes) is 1. The van der Waals surface area contributed by atoms with Crippen molar-refractivity contribution in [2.75, 3.05) is 6.54 Å². The second kappa shape index (κ2) is 16.0. The number of aromatic amines is 1. The van der Waals surface area contributed by atoms with Crippen molar-refractivity contribution in [3.8, 4) is 0 Å². The smallest absolute Gasteiger partial charge is 0.408 e. The molecule has 4 N–H and O–H groups in total. The van der Waals surface area contributed by atoms with Gasteiger partial charge in [-0.25, -0.2) is 14.4 Å². The molecule has 0 saturated heterocycles. The lowest BCUT2D eigenvalue weighted by Crippen LogP contribution is -2.54. The van der Waals surface area contributed by atoms with Crippen LogP contribution < -0.4 is 16.0 Å². The molecule has 0 unspecified atom stereocenters. The zero-order valence-corrected chi connectivity index (χ0v) is 27.0. The van der Waals surface area contributed by atoms with Gasteiger partial charge in [0.1, 0.15) is 29.9 Å². The molecule has 1 heterocycles. The summed E-state index contributed by atoms with van der Waals surface area (Å²) in [4.78, 5) is 54.8. The van der Waals surface area contributed by atoms with E-state index >= 15 is 0 Å². The second-order valence-electron chi connectivity index (χ2n) is 12.8. The number of ether oxygens (including phenoxy) is 3. The Bertz CT molecular complexity index is 1420. The minimum absolute atomic E-state index is 0.158. The topological polar surface area (TPSA) is 148 Å². The van der Waals surface area contributed by atoms with Crippen molar-refractivity contribution in [1.82, 2.24) is 20.9 Å². The molecule has 0 spiro atoms. The average molecular weight is 623 g/mol. The number of fused-ring (bicyclic) bond motifs is 1. The molecule has 0 radical (unpaired) electrons. The van der Waals surface area contributed by atoms with E-state index < -0.39 is 47.3 Å². The molecule has 0 fully saturated rings. The van der Waals surface area contributed by atoms with Crippen LogP contribution >= 0.6 is 0 Å². The molecular weight excluding hydrogens is 576 g/mol. The Morgan fingerprint density at radius 1 is 0.778 bits per heavy atom. The maximum Gasteiger partial charge on any atom is 0.408 e. The highest BCUT2D eigenvalue weighted by molar-refractivity contribution is 5.91. The molecular formula is C34H46N4O7. The molecule has 0 aliphatic heterocycles. The van der Waals surface area contributed by atoms with Gasteiger partial charge < -0.3 is 35.1 Å². The fourth-order valence-electron chi connectivity index (χ4n) is 4.51. The van der Waals surface area contributed by atoms with Crippen LogP contribution in [-0.2, 0) is 36.8 Å². The van der Waals surface area contributed by atoms with E-state index in [1.807, 2.05) is 54.6 Å². The Morgan fingerprint density at radius 3 is 2.13 bits per heavy atom. The van der Waals surface area contributed by atoms with Crippen molar-refractivity contribution in [3.63, 3.8) is 0 Å². The van der Waals surface area contributed by atoms with Gasteiger partial charge in [-0.1, -0.05) is 48.5 Å². The van der Waals surface area contributed by atoms with Gasteiger partial charge in [-0.2, -0.15) is 0 Å². The number of para-hydroxylation sites is 1. The number of nitrogens with one attached hydrogen (secondary N) is 4. The Balaban J connectivity index is 1.64. The number of amides is 3.